The van der Waals surface area contributed by atoms with Crippen molar-refractivity contribution >= 4 is 46.7 Å². The van der Waals surface area contributed by atoms with Gasteiger partial charge in [-0.2, -0.15) is 0 Å². The molecular formula is C18H13Cl2NO5. The van der Waals surface area contributed by atoms with Gasteiger partial charge in [0, 0.05) is 6.07 Å². The summed E-state index contributed by atoms with van der Waals surface area (Å²) in [4.78, 5) is 33.9. The third-order valence-corrected chi connectivity index (χ3v) is 4.02. The summed E-state index contributed by atoms with van der Waals surface area (Å²) in [5.41, 5.74) is 0.782. The molecule has 0 heterocycles. The predicted octanol–water partition coefficient (Wildman–Crippen LogP) is 4.62. The maximum absolute atomic E-state index is 11.8. The molecule has 2 aromatic rings. The number of nitro benzene ring substituents is 1. The molecule has 0 radical (unpaired) electrons. The number of ketones is 1. The van der Waals surface area contributed by atoms with E-state index in [0.717, 1.165) is 6.08 Å². The number of carbonyl (C=O) groups is 2. The van der Waals surface area contributed by atoms with Gasteiger partial charge >= 0.3 is 5.97 Å². The number of allylic oxidation sites excluding steroid dienone is 1. The monoisotopic (exact) mass is 393 g/mol. The molecule has 134 valence electrons. The highest BCUT2D eigenvalue weighted by atomic mass is 35.5. The van der Waals surface area contributed by atoms with Crippen LogP contribution < -0.4 is 0 Å². The Morgan fingerprint density at radius 3 is 2.54 bits per heavy atom. The lowest BCUT2D eigenvalue weighted by Crippen LogP contribution is -2.09. The Balaban J connectivity index is 1.90. The number of carbonyl (C=O) groups excluding carboxylic acids is 2. The van der Waals surface area contributed by atoms with E-state index >= 15 is 0 Å². The molecule has 0 aromatic heterocycles. The fourth-order valence-corrected chi connectivity index (χ4v) is 2.34. The van der Waals surface area contributed by atoms with Gasteiger partial charge in [0.25, 0.3) is 5.69 Å². The largest absolute Gasteiger partial charge is 0.460 e. The lowest BCUT2D eigenvalue weighted by molar-refractivity contribution is -0.385. The zero-order chi connectivity index (χ0) is 19.1. The van der Waals surface area contributed by atoms with Gasteiger partial charge in [-0.05, 0) is 35.9 Å². The number of rotatable bonds is 7. The quantitative estimate of drug-likeness (QED) is 0.225. The SMILES string of the molecule is O=C(C=Cc1ccccc1[N+](=O)[O-])CC(=O)OCc1ccc(Cl)c(Cl)c1. The van der Waals surface area contributed by atoms with E-state index in [-0.39, 0.29) is 17.9 Å². The topological polar surface area (TPSA) is 86.5 Å². The number of hydrogen-bond acceptors (Lipinski definition) is 5. The summed E-state index contributed by atoms with van der Waals surface area (Å²) in [6.45, 7) is -0.0448. The molecule has 0 unspecified atom stereocenters. The first-order chi connectivity index (χ1) is 12.4. The highest BCUT2D eigenvalue weighted by Crippen LogP contribution is 2.23. The Kier molecular flexibility index (Phi) is 6.89. The summed E-state index contributed by atoms with van der Waals surface area (Å²) in [5.74, 6) is -1.24. The molecule has 0 atom stereocenters. The van der Waals surface area contributed by atoms with Crippen LogP contribution in [0.4, 0.5) is 5.69 Å². The van der Waals surface area contributed by atoms with E-state index in [2.05, 4.69) is 0 Å². The molecule has 0 aliphatic carbocycles. The van der Waals surface area contributed by atoms with Crippen molar-refractivity contribution in [2.75, 3.05) is 0 Å². The zero-order valence-electron chi connectivity index (χ0n) is 13.4. The Bertz CT molecular complexity index is 880. The van der Waals surface area contributed by atoms with E-state index in [1.165, 1.54) is 24.3 Å². The molecule has 0 saturated heterocycles. The second kappa shape index (κ2) is 9.12. The average Bonchev–Trinajstić information content (AvgIpc) is 2.61. The van der Waals surface area contributed by atoms with Gasteiger partial charge in [-0.3, -0.25) is 19.7 Å². The van der Waals surface area contributed by atoms with Crippen LogP contribution in [-0.2, 0) is 20.9 Å². The molecule has 0 spiro atoms. The summed E-state index contributed by atoms with van der Waals surface area (Å²) in [7, 11) is 0. The van der Waals surface area contributed by atoms with Gasteiger partial charge in [0.1, 0.15) is 13.0 Å². The molecule has 2 aromatic carbocycles. The van der Waals surface area contributed by atoms with Crippen LogP contribution >= 0.6 is 23.2 Å². The van der Waals surface area contributed by atoms with E-state index in [1.807, 2.05) is 0 Å². The smallest absolute Gasteiger partial charge is 0.314 e. The third-order valence-electron chi connectivity index (χ3n) is 3.28. The van der Waals surface area contributed by atoms with Crippen LogP contribution in [0.5, 0.6) is 0 Å². The molecule has 2 rings (SSSR count). The van der Waals surface area contributed by atoms with E-state index < -0.39 is 23.1 Å². The minimum absolute atomic E-state index is 0.0448. The molecule has 0 fully saturated rings. The standard InChI is InChI=1S/C18H13Cl2NO5/c19-15-8-5-12(9-16(15)20)11-26-18(23)10-14(22)7-6-13-3-1-2-4-17(13)21(24)25/h1-9H,10-11H2. The zero-order valence-corrected chi connectivity index (χ0v) is 14.9. The molecule has 0 amide bonds. The highest BCUT2D eigenvalue weighted by molar-refractivity contribution is 6.42. The van der Waals surface area contributed by atoms with Crippen LogP contribution in [0.15, 0.2) is 48.5 Å². The summed E-state index contributed by atoms with van der Waals surface area (Å²) in [5, 5.41) is 11.6. The lowest BCUT2D eigenvalue weighted by Gasteiger charge is -2.05. The summed E-state index contributed by atoms with van der Waals surface area (Å²) >= 11 is 11.7. The van der Waals surface area contributed by atoms with Gasteiger partial charge < -0.3 is 4.74 Å². The third kappa shape index (κ3) is 5.68. The number of nitro groups is 1. The predicted molar refractivity (Wildman–Crippen MR) is 98.0 cm³/mol. The van der Waals surface area contributed by atoms with Crippen LogP contribution in [-0.4, -0.2) is 16.7 Å². The van der Waals surface area contributed by atoms with Crippen molar-refractivity contribution in [3.8, 4) is 0 Å². The summed E-state index contributed by atoms with van der Waals surface area (Å²) in [6.07, 6.45) is 1.94. The van der Waals surface area contributed by atoms with Crippen molar-refractivity contribution in [1.29, 1.82) is 0 Å². The molecule has 0 aliphatic heterocycles. The van der Waals surface area contributed by atoms with E-state index in [4.69, 9.17) is 27.9 Å². The first kappa shape index (κ1) is 19.6. The molecule has 0 N–H and O–H groups in total. The van der Waals surface area contributed by atoms with Crippen molar-refractivity contribution in [2.24, 2.45) is 0 Å². The van der Waals surface area contributed by atoms with E-state index in [1.54, 1.807) is 24.3 Å². The first-order valence-corrected chi connectivity index (χ1v) is 8.16. The van der Waals surface area contributed by atoms with Crippen molar-refractivity contribution in [2.45, 2.75) is 13.0 Å². The summed E-state index contributed by atoms with van der Waals surface area (Å²) in [6, 6.07) is 10.8. The number of halogens is 2. The van der Waals surface area contributed by atoms with E-state index in [0.29, 0.717) is 15.6 Å². The molecule has 8 heteroatoms. The maximum atomic E-state index is 11.8. The maximum Gasteiger partial charge on any atom is 0.314 e. The normalized spacial score (nSPS) is 10.7. The number of hydrogen-bond donors (Lipinski definition) is 0. The van der Waals surface area contributed by atoms with Gasteiger partial charge in [-0.25, -0.2) is 0 Å². The number of benzene rings is 2. The highest BCUT2D eigenvalue weighted by Gasteiger charge is 2.12. The van der Waals surface area contributed by atoms with Crippen molar-refractivity contribution in [3.05, 3.63) is 79.8 Å². The summed E-state index contributed by atoms with van der Waals surface area (Å²) < 4.78 is 5.00. The van der Waals surface area contributed by atoms with Gasteiger partial charge in [-0.15, -0.1) is 0 Å². The number of esters is 1. The fraction of sp³-hybridized carbons (Fsp3) is 0.111. The molecule has 0 saturated carbocycles. The van der Waals surface area contributed by atoms with Crippen molar-refractivity contribution < 1.29 is 19.2 Å². The Morgan fingerprint density at radius 1 is 1.12 bits per heavy atom. The minimum Gasteiger partial charge on any atom is -0.460 e. The van der Waals surface area contributed by atoms with Crippen LogP contribution in [0, 0.1) is 10.1 Å². The van der Waals surface area contributed by atoms with Gasteiger partial charge in [0.05, 0.1) is 20.5 Å². The van der Waals surface area contributed by atoms with Gasteiger partial charge in [0.2, 0.25) is 0 Å². The van der Waals surface area contributed by atoms with Gasteiger partial charge in [-0.1, -0.05) is 41.4 Å². The molecule has 0 aliphatic rings. The lowest BCUT2D eigenvalue weighted by atomic mass is 10.1. The Labute approximate surface area is 159 Å². The van der Waals surface area contributed by atoms with Crippen LogP contribution in [0.3, 0.4) is 0 Å². The molecule has 6 nitrogen and oxygen atoms in total. The number of para-hydroxylation sites is 1. The number of ether oxygens (including phenoxy) is 1. The van der Waals surface area contributed by atoms with Crippen LogP contribution in [0.25, 0.3) is 6.08 Å². The minimum atomic E-state index is -0.715. The second-order valence-electron chi connectivity index (χ2n) is 5.20. The fourth-order valence-electron chi connectivity index (χ4n) is 2.02. The van der Waals surface area contributed by atoms with Crippen molar-refractivity contribution in [3.63, 3.8) is 0 Å². The van der Waals surface area contributed by atoms with Gasteiger partial charge in [0.15, 0.2) is 5.78 Å². The van der Waals surface area contributed by atoms with Crippen molar-refractivity contribution in [1.82, 2.24) is 0 Å². The number of nitrogens with zero attached hydrogens (tertiary/aromatic N) is 1. The second-order valence-corrected chi connectivity index (χ2v) is 6.02. The molecule has 0 bridgehead atoms. The molecular weight excluding hydrogens is 381 g/mol. The first-order valence-electron chi connectivity index (χ1n) is 7.40. The van der Waals surface area contributed by atoms with Crippen LogP contribution in [0.1, 0.15) is 17.5 Å². The Morgan fingerprint density at radius 2 is 1.85 bits per heavy atom. The average molecular weight is 394 g/mol. The van der Waals surface area contributed by atoms with Crippen LogP contribution in [0.2, 0.25) is 10.0 Å². The Hall–Kier alpha value is -2.70. The molecule has 26 heavy (non-hydrogen) atoms. The van der Waals surface area contributed by atoms with E-state index in [9.17, 15) is 19.7 Å².